The predicted octanol–water partition coefficient (Wildman–Crippen LogP) is 5.11. The van der Waals surface area contributed by atoms with Crippen molar-refractivity contribution in [1.29, 1.82) is 0 Å². The molecule has 0 aromatic heterocycles. The van der Waals surface area contributed by atoms with E-state index in [2.05, 4.69) is 10.1 Å². The first-order chi connectivity index (χ1) is 17.9. The van der Waals surface area contributed by atoms with Crippen LogP contribution in [0.2, 0.25) is 0 Å². The Morgan fingerprint density at radius 2 is 1.53 bits per heavy atom. The average molecular weight is 560 g/mol. The molecule has 1 heterocycles. The maximum atomic E-state index is 13.1. The van der Waals surface area contributed by atoms with Gasteiger partial charge in [0.2, 0.25) is 0 Å². The lowest BCUT2D eigenvalue weighted by Crippen LogP contribution is -2.42. The second-order valence-corrected chi connectivity index (χ2v) is 11.3. The first kappa shape index (κ1) is 28.0. The maximum absolute atomic E-state index is 13.1. The van der Waals surface area contributed by atoms with Crippen molar-refractivity contribution in [1.82, 2.24) is 5.32 Å². The molecule has 2 aromatic carbocycles. The van der Waals surface area contributed by atoms with Gasteiger partial charge in [0, 0.05) is 18.9 Å². The van der Waals surface area contributed by atoms with E-state index >= 15 is 0 Å². The predicted molar refractivity (Wildman–Crippen MR) is 128 cm³/mol. The molecule has 208 valence electrons. The molecule has 0 radical (unpaired) electrons. The molecule has 38 heavy (non-hydrogen) atoms. The molecule has 1 aliphatic heterocycles. The molecular weight excluding hydrogens is 531 g/mol. The van der Waals surface area contributed by atoms with E-state index in [4.69, 9.17) is 14.2 Å². The van der Waals surface area contributed by atoms with Crippen LogP contribution in [0.4, 0.5) is 18.0 Å². The number of amides is 1. The van der Waals surface area contributed by atoms with E-state index in [0.29, 0.717) is 32.5 Å². The van der Waals surface area contributed by atoms with Crippen LogP contribution < -0.4 is 14.8 Å². The number of ether oxygens (including phenoxy) is 4. The van der Waals surface area contributed by atoms with E-state index < -0.39 is 45.6 Å². The van der Waals surface area contributed by atoms with Crippen molar-refractivity contribution in [3.63, 3.8) is 0 Å². The Balaban J connectivity index is 1.35. The lowest BCUT2D eigenvalue weighted by atomic mass is 9.82. The van der Waals surface area contributed by atoms with Gasteiger partial charge in [-0.3, -0.25) is 0 Å². The van der Waals surface area contributed by atoms with Crippen LogP contribution in [0.3, 0.4) is 0 Å². The van der Waals surface area contributed by atoms with Crippen LogP contribution in [0.1, 0.15) is 32.1 Å². The fraction of sp³-hybridized carbons (Fsp3) is 0.480. The summed E-state index contributed by atoms with van der Waals surface area (Å²) in [6.07, 6.45) is -2.87. The van der Waals surface area contributed by atoms with Gasteiger partial charge < -0.3 is 29.4 Å². The highest BCUT2D eigenvalue weighted by Gasteiger charge is 2.41. The molecule has 13 heteroatoms. The van der Waals surface area contributed by atoms with Crippen LogP contribution >= 0.6 is 0 Å². The van der Waals surface area contributed by atoms with E-state index in [1.54, 1.807) is 0 Å². The van der Waals surface area contributed by atoms with E-state index in [0.717, 1.165) is 25.0 Å². The monoisotopic (exact) mass is 559 g/mol. The van der Waals surface area contributed by atoms with Gasteiger partial charge in [0.05, 0.1) is 23.9 Å². The SMILES string of the molecule is O=C(O)NC(CC1CCC2(CC1)OCCO2)CS(=O)(=O)c1ccc(Oc2ccc(OC(F)(F)F)cc2)cc1. The second kappa shape index (κ2) is 11.4. The number of nitrogens with one attached hydrogen (secondary N) is 1. The van der Waals surface area contributed by atoms with Crippen molar-refractivity contribution in [2.75, 3.05) is 19.0 Å². The van der Waals surface area contributed by atoms with E-state index in [1.807, 2.05) is 0 Å². The highest BCUT2D eigenvalue weighted by atomic mass is 32.2. The fourth-order valence-electron chi connectivity index (χ4n) is 4.81. The van der Waals surface area contributed by atoms with Gasteiger partial charge in [-0.05, 0) is 73.7 Å². The van der Waals surface area contributed by atoms with Crippen LogP contribution in [-0.4, -0.2) is 56.8 Å². The summed E-state index contributed by atoms with van der Waals surface area (Å²) in [5.74, 6) is -0.743. The Bertz CT molecular complexity index is 1190. The smallest absolute Gasteiger partial charge is 0.465 e. The minimum atomic E-state index is -4.80. The highest BCUT2D eigenvalue weighted by molar-refractivity contribution is 7.91. The fourth-order valence-corrected chi connectivity index (χ4v) is 6.30. The molecule has 4 rings (SSSR count). The Morgan fingerprint density at radius 1 is 1.00 bits per heavy atom. The van der Waals surface area contributed by atoms with Gasteiger partial charge in [0.15, 0.2) is 15.6 Å². The number of benzene rings is 2. The first-order valence-electron chi connectivity index (χ1n) is 12.1. The van der Waals surface area contributed by atoms with Crippen molar-refractivity contribution in [2.45, 2.75) is 55.2 Å². The Kier molecular flexibility index (Phi) is 8.38. The lowest BCUT2D eigenvalue weighted by Gasteiger charge is -2.36. The number of carbonyl (C=O) groups is 1. The molecule has 2 aromatic rings. The number of sulfone groups is 1. The van der Waals surface area contributed by atoms with Gasteiger partial charge in [0.25, 0.3) is 0 Å². The third-order valence-corrected chi connectivity index (χ3v) is 8.35. The first-order valence-corrected chi connectivity index (χ1v) is 13.7. The lowest BCUT2D eigenvalue weighted by molar-refractivity contribution is -0.274. The van der Waals surface area contributed by atoms with Crippen LogP contribution in [-0.2, 0) is 19.3 Å². The maximum Gasteiger partial charge on any atom is 0.573 e. The normalized spacial score (nSPS) is 18.7. The summed E-state index contributed by atoms with van der Waals surface area (Å²) in [5, 5.41) is 11.6. The molecule has 2 aliphatic rings. The molecule has 1 amide bonds. The molecule has 1 aliphatic carbocycles. The molecule has 1 atom stereocenters. The highest BCUT2D eigenvalue weighted by Crippen LogP contribution is 2.40. The number of halogens is 3. The van der Waals surface area contributed by atoms with Crippen LogP contribution in [0.5, 0.6) is 17.2 Å². The van der Waals surface area contributed by atoms with Gasteiger partial charge in [-0.1, -0.05) is 0 Å². The van der Waals surface area contributed by atoms with Crippen LogP contribution in [0.25, 0.3) is 0 Å². The van der Waals surface area contributed by atoms with Crippen molar-refractivity contribution in [3.8, 4) is 17.2 Å². The molecule has 1 unspecified atom stereocenters. The molecule has 2 N–H and O–H groups in total. The van der Waals surface area contributed by atoms with Gasteiger partial charge in [-0.2, -0.15) is 0 Å². The van der Waals surface area contributed by atoms with Crippen LogP contribution in [0, 0.1) is 5.92 Å². The van der Waals surface area contributed by atoms with Gasteiger partial charge >= 0.3 is 12.5 Å². The summed E-state index contributed by atoms with van der Waals surface area (Å²) in [6.45, 7) is 1.11. The minimum absolute atomic E-state index is 0.00804. The summed E-state index contributed by atoms with van der Waals surface area (Å²) in [4.78, 5) is 11.4. The molecule has 2 fully saturated rings. The van der Waals surface area contributed by atoms with Gasteiger partial charge in [0.1, 0.15) is 17.2 Å². The number of hydrogen-bond donors (Lipinski definition) is 2. The Hall–Kier alpha value is -3.03. The second-order valence-electron chi connectivity index (χ2n) is 9.31. The summed E-state index contributed by atoms with van der Waals surface area (Å²) in [7, 11) is -3.84. The molecule has 1 saturated heterocycles. The molecule has 0 bridgehead atoms. The zero-order valence-electron chi connectivity index (χ0n) is 20.3. The largest absolute Gasteiger partial charge is 0.573 e. The Morgan fingerprint density at radius 3 is 2.05 bits per heavy atom. The zero-order valence-corrected chi connectivity index (χ0v) is 21.1. The summed E-state index contributed by atoms with van der Waals surface area (Å²) in [6, 6.07) is 9.46. The number of rotatable bonds is 9. The van der Waals surface area contributed by atoms with Crippen molar-refractivity contribution < 1.29 is 50.4 Å². The standard InChI is InChI=1S/C25H28F3NO8S/c26-25(27,28)37-21-3-1-19(2-4-21)36-20-5-7-22(8-6-20)38(32,33)16-18(29-23(30)31)15-17-9-11-24(12-10-17)34-13-14-35-24/h1-8,17-18,29H,9-16H2,(H,30,31). The van der Waals surface area contributed by atoms with Gasteiger partial charge in [-0.25, -0.2) is 13.2 Å². The summed E-state index contributed by atoms with van der Waals surface area (Å²) >= 11 is 0. The average Bonchev–Trinajstić information content (AvgIpc) is 3.29. The number of carboxylic acid groups (broad SMARTS) is 1. The molecule has 9 nitrogen and oxygen atoms in total. The Labute approximate surface area is 217 Å². The van der Waals surface area contributed by atoms with Crippen molar-refractivity contribution >= 4 is 15.9 Å². The summed E-state index contributed by atoms with van der Waals surface area (Å²) in [5.41, 5.74) is 0. The summed E-state index contributed by atoms with van der Waals surface area (Å²) < 4.78 is 83.8. The van der Waals surface area contributed by atoms with E-state index in [9.17, 15) is 31.5 Å². The van der Waals surface area contributed by atoms with Gasteiger partial charge in [-0.15, -0.1) is 13.2 Å². The molecule has 1 saturated carbocycles. The van der Waals surface area contributed by atoms with E-state index in [-0.39, 0.29) is 22.3 Å². The molecule has 1 spiro atoms. The number of alkyl halides is 3. The third-order valence-electron chi connectivity index (χ3n) is 6.52. The van der Waals surface area contributed by atoms with E-state index in [1.165, 1.54) is 36.4 Å². The van der Waals surface area contributed by atoms with Crippen LogP contribution in [0.15, 0.2) is 53.4 Å². The third kappa shape index (κ3) is 7.74. The number of hydrogen-bond acceptors (Lipinski definition) is 7. The quantitative estimate of drug-likeness (QED) is 0.435. The molecular formula is C25H28F3NO8S. The van der Waals surface area contributed by atoms with Crippen molar-refractivity contribution in [3.05, 3.63) is 48.5 Å². The van der Waals surface area contributed by atoms with Crippen molar-refractivity contribution in [2.24, 2.45) is 5.92 Å². The zero-order chi connectivity index (χ0) is 27.4. The minimum Gasteiger partial charge on any atom is -0.465 e. The topological polar surface area (TPSA) is 120 Å².